The number of carbonyl (C=O) groups excluding carboxylic acids is 1. The molecule has 0 saturated carbocycles. The van der Waals surface area contributed by atoms with Gasteiger partial charge in [0.1, 0.15) is 17.7 Å². The van der Waals surface area contributed by atoms with Gasteiger partial charge in [0.25, 0.3) is 0 Å². The molecule has 160 valence electrons. The van der Waals surface area contributed by atoms with Crippen LogP contribution in [-0.4, -0.2) is 54.2 Å². The molecule has 1 saturated heterocycles. The molecule has 0 N–H and O–H groups in total. The fourth-order valence-electron chi connectivity index (χ4n) is 3.72. The van der Waals surface area contributed by atoms with Gasteiger partial charge in [-0.3, -0.25) is 9.69 Å². The third-order valence-electron chi connectivity index (χ3n) is 5.50. The zero-order chi connectivity index (χ0) is 21.7. The van der Waals surface area contributed by atoms with Crippen molar-refractivity contribution in [1.82, 2.24) is 9.80 Å². The monoisotopic (exact) mass is 428 g/mol. The van der Waals surface area contributed by atoms with Crippen molar-refractivity contribution >= 4 is 17.7 Å². The number of piperazine rings is 1. The Balaban J connectivity index is 1.78. The second-order valence-electron chi connectivity index (χ2n) is 7.63. The van der Waals surface area contributed by atoms with E-state index in [2.05, 4.69) is 11.5 Å². The zero-order valence-corrected chi connectivity index (χ0v) is 18.6. The normalized spacial score (nSPS) is 18.1. The van der Waals surface area contributed by atoms with Crippen molar-refractivity contribution in [3.05, 3.63) is 72.1 Å². The summed E-state index contributed by atoms with van der Waals surface area (Å²) in [6, 6.07) is 13.3. The van der Waals surface area contributed by atoms with E-state index in [1.807, 2.05) is 48.4 Å². The van der Waals surface area contributed by atoms with Crippen molar-refractivity contribution in [1.29, 1.82) is 0 Å². The lowest BCUT2D eigenvalue weighted by Crippen LogP contribution is -2.54. The Labute approximate surface area is 182 Å². The molecule has 1 aliphatic rings. The van der Waals surface area contributed by atoms with Crippen LogP contribution in [0, 0.1) is 12.7 Å². The van der Waals surface area contributed by atoms with Crippen LogP contribution in [0.15, 0.2) is 60.0 Å². The van der Waals surface area contributed by atoms with E-state index >= 15 is 0 Å². The molecule has 1 aliphatic heterocycles. The van der Waals surface area contributed by atoms with Crippen LogP contribution in [0.5, 0.6) is 5.75 Å². The van der Waals surface area contributed by atoms with E-state index in [0.717, 1.165) is 29.3 Å². The Bertz CT molecular complexity index is 887. The maximum absolute atomic E-state index is 14.3. The molecule has 2 atom stereocenters. The first-order valence-corrected chi connectivity index (χ1v) is 11.4. The van der Waals surface area contributed by atoms with Gasteiger partial charge in [0.05, 0.1) is 0 Å². The third-order valence-corrected chi connectivity index (χ3v) is 6.24. The molecule has 6 heteroatoms. The molecule has 0 bridgehead atoms. The number of aryl methyl sites for hydroxylation is 1. The summed E-state index contributed by atoms with van der Waals surface area (Å²) in [5.74, 6) is 0.491. The van der Waals surface area contributed by atoms with E-state index in [1.165, 1.54) is 6.08 Å². The van der Waals surface area contributed by atoms with Crippen molar-refractivity contribution in [2.24, 2.45) is 0 Å². The van der Waals surface area contributed by atoms with Gasteiger partial charge < -0.3 is 9.64 Å². The molecule has 2 aromatic carbocycles. The van der Waals surface area contributed by atoms with E-state index in [-0.39, 0.29) is 23.9 Å². The smallest absolute Gasteiger partial charge is 0.246 e. The van der Waals surface area contributed by atoms with Gasteiger partial charge in [-0.15, -0.1) is 11.8 Å². The molecule has 3 rings (SSSR count). The molecule has 30 heavy (non-hydrogen) atoms. The summed E-state index contributed by atoms with van der Waals surface area (Å²) in [6.07, 6.45) is 3.09. The lowest BCUT2D eigenvalue weighted by molar-refractivity contribution is -0.130. The molecular formula is C24H29FN2O2S. The van der Waals surface area contributed by atoms with E-state index in [0.29, 0.717) is 18.7 Å². The fraction of sp³-hybridized carbons (Fsp3) is 0.375. The first-order chi connectivity index (χ1) is 14.4. The lowest BCUT2D eigenvalue weighted by atomic mass is 10.0. The molecule has 4 nitrogen and oxygen atoms in total. The van der Waals surface area contributed by atoms with Gasteiger partial charge in [-0.25, -0.2) is 4.39 Å². The van der Waals surface area contributed by atoms with Gasteiger partial charge in [-0.05, 0) is 67.6 Å². The highest BCUT2D eigenvalue weighted by atomic mass is 32.2. The van der Waals surface area contributed by atoms with Gasteiger partial charge in [0, 0.05) is 37.1 Å². The van der Waals surface area contributed by atoms with Crippen molar-refractivity contribution in [2.45, 2.75) is 30.9 Å². The third kappa shape index (κ3) is 5.43. The van der Waals surface area contributed by atoms with Gasteiger partial charge in [0.2, 0.25) is 5.91 Å². The number of hydrogen-bond acceptors (Lipinski definition) is 4. The van der Waals surface area contributed by atoms with E-state index < -0.39 is 0 Å². The lowest BCUT2D eigenvalue weighted by Gasteiger charge is -2.40. The molecule has 1 fully saturated rings. The van der Waals surface area contributed by atoms with Crippen LogP contribution in [0.1, 0.15) is 24.2 Å². The van der Waals surface area contributed by atoms with Crippen LogP contribution < -0.4 is 4.74 Å². The van der Waals surface area contributed by atoms with E-state index in [1.54, 1.807) is 30.8 Å². The van der Waals surface area contributed by atoms with Gasteiger partial charge in [-0.2, -0.15) is 0 Å². The Morgan fingerprint density at radius 1 is 1.30 bits per heavy atom. The first-order valence-electron chi connectivity index (χ1n) is 10.1. The summed E-state index contributed by atoms with van der Waals surface area (Å²) in [5.41, 5.74) is 1.43. The van der Waals surface area contributed by atoms with Crippen molar-refractivity contribution < 1.29 is 13.9 Å². The maximum Gasteiger partial charge on any atom is 0.246 e. The van der Waals surface area contributed by atoms with E-state index in [9.17, 15) is 9.18 Å². The van der Waals surface area contributed by atoms with E-state index in [4.69, 9.17) is 4.74 Å². The van der Waals surface area contributed by atoms with Gasteiger partial charge in [-0.1, -0.05) is 18.7 Å². The average molecular weight is 429 g/mol. The minimum atomic E-state index is -0.311. The standard InChI is InChI=1S/C24H29FN2O2S/c1-5-24(28)27-13-12-26(15-18(27)3)16-23(19-7-6-17(2)22(25)14-19)29-20-8-10-21(30-4)11-9-20/h5-11,14,18,23H,1,12-13,15-16H2,2-4H3/t18-,23+/m1/s1. The topological polar surface area (TPSA) is 32.8 Å². The highest BCUT2D eigenvalue weighted by Gasteiger charge is 2.28. The van der Waals surface area contributed by atoms with Crippen LogP contribution in [0.25, 0.3) is 0 Å². The van der Waals surface area contributed by atoms with Gasteiger partial charge in [0.15, 0.2) is 0 Å². The summed E-state index contributed by atoms with van der Waals surface area (Å²) in [4.78, 5) is 17.3. The molecule has 0 aromatic heterocycles. The molecule has 2 aromatic rings. The molecule has 0 radical (unpaired) electrons. The average Bonchev–Trinajstić information content (AvgIpc) is 2.75. The summed E-state index contributed by atoms with van der Waals surface area (Å²) in [6.45, 7) is 10.1. The molecule has 0 unspecified atom stereocenters. The van der Waals surface area contributed by atoms with Crippen LogP contribution in [0.4, 0.5) is 4.39 Å². The summed E-state index contributed by atoms with van der Waals surface area (Å²) < 4.78 is 20.6. The SMILES string of the molecule is C=CC(=O)N1CCN(C[C@H](Oc2ccc(SC)cc2)c2ccc(C)c(F)c2)C[C@H]1C. The molecular weight excluding hydrogens is 399 g/mol. The number of benzene rings is 2. The highest BCUT2D eigenvalue weighted by molar-refractivity contribution is 7.98. The minimum Gasteiger partial charge on any atom is -0.484 e. The second-order valence-corrected chi connectivity index (χ2v) is 8.51. The van der Waals surface area contributed by atoms with Crippen molar-refractivity contribution in [2.75, 3.05) is 32.4 Å². The second kappa shape index (κ2) is 10.1. The minimum absolute atomic E-state index is 0.0376. The number of halogens is 1. The van der Waals surface area contributed by atoms with Crippen LogP contribution in [-0.2, 0) is 4.79 Å². The van der Waals surface area contributed by atoms with Crippen molar-refractivity contribution in [3.8, 4) is 5.75 Å². The number of nitrogens with zero attached hydrogens (tertiary/aromatic N) is 2. The maximum atomic E-state index is 14.3. The summed E-state index contributed by atoms with van der Waals surface area (Å²) in [5, 5.41) is 0. The van der Waals surface area contributed by atoms with Gasteiger partial charge >= 0.3 is 0 Å². The molecule has 1 heterocycles. The predicted octanol–water partition coefficient (Wildman–Crippen LogP) is 4.69. The Hall–Kier alpha value is -2.31. The Morgan fingerprint density at radius 3 is 2.63 bits per heavy atom. The van der Waals surface area contributed by atoms with Crippen molar-refractivity contribution in [3.63, 3.8) is 0 Å². The quantitative estimate of drug-likeness (QED) is 0.473. The van der Waals surface area contributed by atoms with Crippen LogP contribution in [0.3, 0.4) is 0 Å². The number of carbonyl (C=O) groups is 1. The number of rotatable bonds is 7. The molecule has 1 amide bonds. The number of hydrogen-bond donors (Lipinski definition) is 0. The molecule has 0 spiro atoms. The number of ether oxygens (including phenoxy) is 1. The fourth-order valence-corrected chi connectivity index (χ4v) is 4.12. The number of thioether (sulfide) groups is 1. The molecule has 0 aliphatic carbocycles. The van der Waals surface area contributed by atoms with Crippen LogP contribution in [0.2, 0.25) is 0 Å². The first kappa shape index (κ1) is 22.4. The summed E-state index contributed by atoms with van der Waals surface area (Å²) >= 11 is 1.68. The highest BCUT2D eigenvalue weighted by Crippen LogP contribution is 2.27. The summed E-state index contributed by atoms with van der Waals surface area (Å²) in [7, 11) is 0. The number of amides is 1. The Kier molecular flexibility index (Phi) is 7.56. The predicted molar refractivity (Wildman–Crippen MR) is 121 cm³/mol. The Morgan fingerprint density at radius 2 is 2.03 bits per heavy atom. The zero-order valence-electron chi connectivity index (χ0n) is 17.8. The van der Waals surface area contributed by atoms with Crippen LogP contribution >= 0.6 is 11.8 Å². The largest absolute Gasteiger partial charge is 0.484 e.